The van der Waals surface area contributed by atoms with Crippen LogP contribution in [-0.2, 0) is 19.1 Å². The molecule has 17 heteroatoms. The Hall–Kier alpha value is -5.58. The Morgan fingerprint density at radius 1 is 0.980 bits per heavy atom. The molecule has 4 aliphatic rings. The molecule has 1 aliphatic carbocycles. The number of carboxylic acid groups (broad SMARTS) is 2. The Morgan fingerprint density at radius 3 is 2.37 bits per heavy atom. The number of pyridine rings is 1. The molecule has 1 saturated carbocycles. The minimum absolute atomic E-state index is 0.0128. The number of carboxylic acids is 2. The maximum atomic E-state index is 15.4. The third kappa shape index (κ3) is 6.56. The Morgan fingerprint density at radius 2 is 1.71 bits per heavy atom. The van der Waals surface area contributed by atoms with Gasteiger partial charge in [-0.1, -0.05) is 18.2 Å². The summed E-state index contributed by atoms with van der Waals surface area (Å²) in [6, 6.07) is 10.4. The van der Waals surface area contributed by atoms with Crippen LogP contribution in [0.5, 0.6) is 5.75 Å². The predicted octanol–water partition coefficient (Wildman–Crippen LogP) is 2.25. The number of hydrogen-bond donors (Lipinski definition) is 3. The molecule has 266 valence electrons. The second-order valence-electron chi connectivity index (χ2n) is 12.5. The molecule has 3 aromatic rings. The van der Waals surface area contributed by atoms with Crippen molar-refractivity contribution in [2.75, 3.05) is 50.0 Å². The molecular weight excluding hydrogens is 689 g/mol. The number of benzene rings is 2. The smallest absolute Gasteiger partial charge is 0.410 e. The van der Waals surface area contributed by atoms with Crippen LogP contribution in [0.1, 0.15) is 29.2 Å². The highest BCUT2D eigenvalue weighted by atomic mass is 32.2. The molecular formula is C34H32FN5O10S. The first-order valence-electron chi connectivity index (χ1n) is 16.2. The van der Waals surface area contributed by atoms with Crippen LogP contribution in [0.15, 0.2) is 64.7 Å². The van der Waals surface area contributed by atoms with Gasteiger partial charge in [-0.2, -0.15) is 0 Å². The number of thioether (sulfide) groups is 1. The molecule has 3 N–H and O–H groups in total. The number of para-hydroxylation sites is 1. The number of carbonyl (C=O) groups is 5. The molecule has 51 heavy (non-hydrogen) atoms. The third-order valence-electron chi connectivity index (χ3n) is 9.20. The number of rotatable bonds is 10. The van der Waals surface area contributed by atoms with Gasteiger partial charge in [-0.15, -0.1) is 11.8 Å². The van der Waals surface area contributed by atoms with Crippen molar-refractivity contribution in [3.8, 4) is 5.75 Å². The largest absolute Gasteiger partial charge is 0.484 e. The zero-order chi connectivity index (χ0) is 36.0. The van der Waals surface area contributed by atoms with Crippen LogP contribution in [0.2, 0.25) is 0 Å². The van der Waals surface area contributed by atoms with E-state index in [1.165, 1.54) is 22.9 Å². The van der Waals surface area contributed by atoms with E-state index < -0.39 is 58.1 Å². The summed E-state index contributed by atoms with van der Waals surface area (Å²) in [5, 5.41) is 21.4. The number of nitrogens with one attached hydrogen (secondary N) is 1. The number of aliphatic carboxylic acids is 1. The molecule has 1 aromatic heterocycles. The van der Waals surface area contributed by atoms with Gasteiger partial charge in [0.05, 0.1) is 11.2 Å². The van der Waals surface area contributed by atoms with E-state index in [1.54, 1.807) is 45.9 Å². The van der Waals surface area contributed by atoms with Crippen LogP contribution in [-0.4, -0.2) is 111 Å². The number of fused-ring (bicyclic) bond motifs is 2. The number of nitrogens with zero attached hydrogens (tertiary/aromatic N) is 4. The summed E-state index contributed by atoms with van der Waals surface area (Å²) >= 11 is 1.24. The zero-order valence-electron chi connectivity index (χ0n) is 27.0. The van der Waals surface area contributed by atoms with Gasteiger partial charge in [0.25, 0.3) is 11.8 Å². The van der Waals surface area contributed by atoms with Crippen LogP contribution in [0.25, 0.3) is 10.9 Å². The molecule has 2 aromatic carbocycles. The fraction of sp³-hybridized carbons (Fsp3) is 0.353. The number of aromatic carboxylic acids is 1. The van der Waals surface area contributed by atoms with Gasteiger partial charge in [0.15, 0.2) is 6.61 Å². The standard InChI is InChI=1S/C34H32FN5O10S/c35-23-12-21-24(39(19-6-7-19)14-22(29(21)42)32(44)45)13-25(23)37-8-10-38(11-9-37)34(48)50-15-18-17-51-31-27(30(43)40(31)28(18)33(46)47)36-26(41)16-49-20-4-2-1-3-5-20/h1-5,12-14,19,27,31H,6-11,15-17H2,(H,36,41)(H,44,45)(H,46,47)/t27-,31-/m1/s1. The average molecular weight is 722 g/mol. The van der Waals surface area contributed by atoms with Gasteiger partial charge in [0.2, 0.25) is 5.43 Å². The van der Waals surface area contributed by atoms with Crippen molar-refractivity contribution < 1.29 is 48.0 Å². The van der Waals surface area contributed by atoms with E-state index in [2.05, 4.69) is 5.32 Å². The van der Waals surface area contributed by atoms with E-state index in [0.717, 1.165) is 23.8 Å². The second kappa shape index (κ2) is 13.6. The van der Waals surface area contributed by atoms with Gasteiger partial charge in [0.1, 0.15) is 40.8 Å². The molecule has 7 rings (SSSR count). The summed E-state index contributed by atoms with van der Waals surface area (Å²) in [6.45, 7) is 0.0756. The van der Waals surface area contributed by atoms with Crippen molar-refractivity contribution in [1.29, 1.82) is 0 Å². The first kappa shape index (κ1) is 33.9. The summed E-state index contributed by atoms with van der Waals surface area (Å²) in [5.41, 5.74) is -0.578. The first-order chi connectivity index (χ1) is 24.5. The number of piperazine rings is 1. The van der Waals surface area contributed by atoms with Gasteiger partial charge in [-0.25, -0.2) is 18.8 Å². The van der Waals surface area contributed by atoms with Crippen LogP contribution in [0.3, 0.4) is 0 Å². The number of β-lactam (4-membered cyclic amide) rings is 1. The highest BCUT2D eigenvalue weighted by Crippen LogP contribution is 2.41. The summed E-state index contributed by atoms with van der Waals surface area (Å²) in [6.07, 6.45) is 2.23. The Bertz CT molecular complexity index is 2040. The monoisotopic (exact) mass is 721 g/mol. The van der Waals surface area contributed by atoms with Crippen molar-refractivity contribution in [2.45, 2.75) is 30.3 Å². The lowest BCUT2D eigenvalue weighted by molar-refractivity contribution is -0.151. The predicted molar refractivity (Wildman–Crippen MR) is 180 cm³/mol. The lowest BCUT2D eigenvalue weighted by Gasteiger charge is -2.49. The number of carbonyl (C=O) groups excluding carboxylic acids is 3. The number of hydrogen-bond acceptors (Lipinski definition) is 10. The first-order valence-corrected chi connectivity index (χ1v) is 17.2. The molecule has 3 aliphatic heterocycles. The van der Waals surface area contributed by atoms with Gasteiger partial charge in [-0.3, -0.25) is 19.3 Å². The van der Waals surface area contributed by atoms with E-state index in [-0.39, 0.29) is 73.5 Å². The Balaban J connectivity index is 0.962. The minimum atomic E-state index is -1.37. The lowest BCUT2D eigenvalue weighted by atomic mass is 10.0. The maximum absolute atomic E-state index is 15.4. The van der Waals surface area contributed by atoms with Crippen molar-refractivity contribution in [3.05, 3.63) is 81.5 Å². The quantitative estimate of drug-likeness (QED) is 0.260. The van der Waals surface area contributed by atoms with E-state index in [1.807, 2.05) is 0 Å². The third-order valence-corrected chi connectivity index (χ3v) is 10.5. The van der Waals surface area contributed by atoms with E-state index in [4.69, 9.17) is 9.47 Å². The normalized spacial score (nSPS) is 20.1. The summed E-state index contributed by atoms with van der Waals surface area (Å²) < 4.78 is 28.0. The Labute approximate surface area is 293 Å². The van der Waals surface area contributed by atoms with Crippen molar-refractivity contribution in [1.82, 2.24) is 19.7 Å². The van der Waals surface area contributed by atoms with Gasteiger partial charge in [-0.05, 0) is 37.1 Å². The minimum Gasteiger partial charge on any atom is -0.484 e. The highest BCUT2D eigenvalue weighted by molar-refractivity contribution is 8.00. The van der Waals surface area contributed by atoms with Crippen LogP contribution < -0.4 is 20.4 Å². The molecule has 0 radical (unpaired) electrons. The molecule has 0 spiro atoms. The van der Waals surface area contributed by atoms with Crippen LogP contribution in [0, 0.1) is 5.82 Å². The molecule has 0 unspecified atom stereocenters. The van der Waals surface area contributed by atoms with Crippen molar-refractivity contribution in [3.63, 3.8) is 0 Å². The van der Waals surface area contributed by atoms with Crippen LogP contribution >= 0.6 is 11.8 Å². The van der Waals surface area contributed by atoms with E-state index >= 15 is 4.39 Å². The fourth-order valence-electron chi connectivity index (χ4n) is 6.45. The molecule has 3 fully saturated rings. The summed E-state index contributed by atoms with van der Waals surface area (Å²) in [7, 11) is 0. The number of anilines is 1. The molecule has 2 saturated heterocycles. The highest BCUT2D eigenvalue weighted by Gasteiger charge is 2.54. The molecule has 3 amide bonds. The SMILES string of the molecule is O=C(COc1ccccc1)N[C@@H]1C(=O)N2C(C(=O)O)=C(COC(=O)N3CCN(c4cc5c(cc4F)c(=O)c(C(=O)O)cn5C4CC4)CC3)CS[C@H]12. The lowest BCUT2D eigenvalue weighted by Crippen LogP contribution is -2.71. The van der Waals surface area contributed by atoms with Gasteiger partial charge in [0, 0.05) is 55.1 Å². The second-order valence-corrected chi connectivity index (χ2v) is 13.6. The van der Waals surface area contributed by atoms with Crippen LogP contribution in [0.4, 0.5) is 14.9 Å². The Kier molecular flexibility index (Phi) is 9.05. The zero-order valence-corrected chi connectivity index (χ0v) is 27.8. The number of halogens is 1. The molecule has 0 bridgehead atoms. The average Bonchev–Trinajstić information content (AvgIpc) is 3.97. The maximum Gasteiger partial charge on any atom is 0.410 e. The van der Waals surface area contributed by atoms with Gasteiger partial charge >= 0.3 is 18.0 Å². The summed E-state index contributed by atoms with van der Waals surface area (Å²) in [5.74, 6) is -3.94. The fourth-order valence-corrected chi connectivity index (χ4v) is 7.78. The van der Waals surface area contributed by atoms with Crippen molar-refractivity contribution in [2.24, 2.45) is 0 Å². The van der Waals surface area contributed by atoms with Crippen molar-refractivity contribution >= 4 is 58.2 Å². The molecule has 4 heterocycles. The number of ether oxygens (including phenoxy) is 2. The number of aromatic nitrogens is 1. The van der Waals surface area contributed by atoms with E-state index in [0.29, 0.717) is 11.3 Å². The summed E-state index contributed by atoms with van der Waals surface area (Å²) in [4.78, 5) is 79.4. The molecule has 15 nitrogen and oxygen atoms in total. The topological polar surface area (TPSA) is 188 Å². The number of amides is 3. The molecule has 2 atom stereocenters. The van der Waals surface area contributed by atoms with Gasteiger partial charge < -0.3 is 39.4 Å². The van der Waals surface area contributed by atoms with E-state index in [9.17, 15) is 39.0 Å².